The van der Waals surface area contributed by atoms with Gasteiger partial charge in [-0.05, 0) is 24.1 Å². The van der Waals surface area contributed by atoms with E-state index in [-0.39, 0.29) is 35.2 Å². The van der Waals surface area contributed by atoms with E-state index in [1.807, 2.05) is 13.1 Å². The van der Waals surface area contributed by atoms with Crippen molar-refractivity contribution in [3.8, 4) is 0 Å². The molecule has 0 aliphatic heterocycles. The molecule has 0 fully saturated rings. The first kappa shape index (κ1) is 21.1. The molecule has 126 valence electrons. The van der Waals surface area contributed by atoms with Crippen molar-refractivity contribution in [1.29, 1.82) is 0 Å². The Bertz CT molecular complexity index is 475. The van der Waals surface area contributed by atoms with Gasteiger partial charge < -0.3 is 10.2 Å². The first-order valence-electron chi connectivity index (χ1n) is 7.58. The van der Waals surface area contributed by atoms with Crippen molar-refractivity contribution in [2.24, 2.45) is 4.99 Å². The number of hydrogen-bond acceptors (Lipinski definition) is 1. The van der Waals surface area contributed by atoms with E-state index >= 15 is 0 Å². The van der Waals surface area contributed by atoms with Crippen molar-refractivity contribution in [2.45, 2.75) is 39.0 Å². The van der Waals surface area contributed by atoms with Crippen LogP contribution in [0.5, 0.6) is 0 Å². The van der Waals surface area contributed by atoms with Crippen LogP contribution in [0.25, 0.3) is 0 Å². The summed E-state index contributed by atoms with van der Waals surface area (Å²) in [6.07, 6.45) is 2.31. The van der Waals surface area contributed by atoms with E-state index in [1.165, 1.54) is 6.07 Å². The van der Waals surface area contributed by atoms with Crippen LogP contribution in [0.1, 0.15) is 39.2 Å². The molecule has 0 aliphatic rings. The van der Waals surface area contributed by atoms with Crippen LogP contribution in [-0.2, 0) is 5.41 Å². The third-order valence-electron chi connectivity index (χ3n) is 3.71. The van der Waals surface area contributed by atoms with E-state index in [1.54, 1.807) is 19.2 Å². The van der Waals surface area contributed by atoms with Gasteiger partial charge in [0.25, 0.3) is 0 Å². The van der Waals surface area contributed by atoms with E-state index in [9.17, 15) is 4.39 Å². The lowest BCUT2D eigenvalue weighted by molar-refractivity contribution is 0.442. The minimum absolute atomic E-state index is 0. The minimum Gasteiger partial charge on any atom is -0.355 e. The molecule has 0 saturated carbocycles. The van der Waals surface area contributed by atoms with E-state index in [0.717, 1.165) is 30.9 Å². The van der Waals surface area contributed by atoms with Crippen molar-refractivity contribution in [3.05, 3.63) is 35.6 Å². The molecule has 0 heterocycles. The van der Waals surface area contributed by atoms with Crippen molar-refractivity contribution in [3.63, 3.8) is 0 Å². The summed E-state index contributed by atoms with van der Waals surface area (Å²) in [6, 6.07) is 6.80. The van der Waals surface area contributed by atoms with Gasteiger partial charge in [-0.15, -0.1) is 24.0 Å². The molecule has 0 aromatic heterocycles. The van der Waals surface area contributed by atoms with E-state index < -0.39 is 0 Å². The van der Waals surface area contributed by atoms with E-state index in [0.29, 0.717) is 6.54 Å². The molecule has 22 heavy (non-hydrogen) atoms. The normalized spacial score (nSPS) is 11.8. The highest BCUT2D eigenvalue weighted by Gasteiger charge is 2.22. The van der Waals surface area contributed by atoms with Gasteiger partial charge in [0.1, 0.15) is 5.82 Å². The second-order valence-corrected chi connectivity index (χ2v) is 6.07. The molecule has 0 amide bonds. The molecule has 1 aromatic rings. The summed E-state index contributed by atoms with van der Waals surface area (Å²) >= 11 is 0. The van der Waals surface area contributed by atoms with Crippen LogP contribution in [0.2, 0.25) is 0 Å². The fraction of sp³-hybridized carbons (Fsp3) is 0.588. The molecular formula is C17H29FIN3. The molecule has 1 rings (SSSR count). The Morgan fingerprint density at radius 2 is 2.05 bits per heavy atom. The van der Waals surface area contributed by atoms with Crippen LogP contribution in [-0.4, -0.2) is 38.0 Å². The lowest BCUT2D eigenvalue weighted by Gasteiger charge is -2.29. The molecule has 5 heteroatoms. The van der Waals surface area contributed by atoms with Crippen molar-refractivity contribution in [1.82, 2.24) is 10.2 Å². The van der Waals surface area contributed by atoms with Gasteiger partial charge in [-0.25, -0.2) is 4.39 Å². The number of rotatable bonds is 6. The Labute approximate surface area is 151 Å². The molecule has 0 aliphatic carbocycles. The number of guanidine groups is 1. The van der Waals surface area contributed by atoms with Gasteiger partial charge in [0.15, 0.2) is 5.96 Å². The Hall–Kier alpha value is -0.850. The largest absolute Gasteiger partial charge is 0.355 e. The minimum atomic E-state index is -0.190. The van der Waals surface area contributed by atoms with Gasteiger partial charge >= 0.3 is 0 Å². The predicted molar refractivity (Wildman–Crippen MR) is 104 cm³/mol. The fourth-order valence-electron chi connectivity index (χ4n) is 2.20. The maximum Gasteiger partial charge on any atom is 0.193 e. The quantitative estimate of drug-likeness (QED) is 0.427. The molecule has 0 bridgehead atoms. The highest BCUT2D eigenvalue weighted by atomic mass is 127. The zero-order valence-corrected chi connectivity index (χ0v) is 16.6. The second-order valence-electron chi connectivity index (χ2n) is 6.07. The molecule has 1 aromatic carbocycles. The van der Waals surface area contributed by atoms with Crippen LogP contribution in [0.3, 0.4) is 0 Å². The van der Waals surface area contributed by atoms with Crippen molar-refractivity contribution >= 4 is 29.9 Å². The summed E-state index contributed by atoms with van der Waals surface area (Å²) < 4.78 is 13.4. The standard InChI is InChI=1S/C17H28FN3.HI/c1-6-7-11-21(5)16(19-4)20-13-17(2,3)14-9-8-10-15(18)12-14;/h8-10,12H,6-7,11,13H2,1-5H3,(H,19,20);1H. The number of nitrogens with one attached hydrogen (secondary N) is 1. The molecule has 0 atom stereocenters. The van der Waals surface area contributed by atoms with Crippen molar-refractivity contribution < 1.29 is 4.39 Å². The topological polar surface area (TPSA) is 27.6 Å². The van der Waals surface area contributed by atoms with Gasteiger partial charge in [-0.1, -0.05) is 39.3 Å². The highest BCUT2D eigenvalue weighted by molar-refractivity contribution is 14.0. The zero-order chi connectivity index (χ0) is 15.9. The Morgan fingerprint density at radius 3 is 2.59 bits per heavy atom. The average molecular weight is 421 g/mol. The summed E-state index contributed by atoms with van der Waals surface area (Å²) in [5.74, 6) is 0.693. The van der Waals surface area contributed by atoms with Crippen LogP contribution in [0.15, 0.2) is 29.3 Å². The summed E-state index contributed by atoms with van der Waals surface area (Å²) in [4.78, 5) is 6.44. The number of unbranched alkanes of at least 4 members (excludes halogenated alkanes) is 1. The van der Waals surface area contributed by atoms with Gasteiger partial charge in [-0.3, -0.25) is 4.99 Å². The van der Waals surface area contributed by atoms with Crippen LogP contribution >= 0.6 is 24.0 Å². The Morgan fingerprint density at radius 1 is 1.36 bits per heavy atom. The van der Waals surface area contributed by atoms with Crippen molar-refractivity contribution in [2.75, 3.05) is 27.2 Å². The Kier molecular flexibility index (Phi) is 9.64. The maximum atomic E-state index is 13.4. The summed E-state index contributed by atoms with van der Waals surface area (Å²) in [5, 5.41) is 3.39. The monoisotopic (exact) mass is 421 g/mol. The molecule has 0 radical (unpaired) electrons. The summed E-state index contributed by atoms with van der Waals surface area (Å²) in [5.41, 5.74) is 0.825. The first-order valence-corrected chi connectivity index (χ1v) is 7.58. The number of hydrogen-bond donors (Lipinski definition) is 1. The van der Waals surface area contributed by atoms with Gasteiger partial charge in [-0.2, -0.15) is 0 Å². The van der Waals surface area contributed by atoms with E-state index in [2.05, 4.69) is 36.0 Å². The number of nitrogens with zero attached hydrogens (tertiary/aromatic N) is 2. The summed E-state index contributed by atoms with van der Waals surface area (Å²) in [7, 11) is 3.83. The van der Waals surface area contributed by atoms with Gasteiger partial charge in [0.2, 0.25) is 0 Å². The molecule has 0 spiro atoms. The average Bonchev–Trinajstić information content (AvgIpc) is 2.45. The second kappa shape index (κ2) is 10.0. The number of halogens is 2. The third kappa shape index (κ3) is 6.50. The smallest absolute Gasteiger partial charge is 0.193 e. The lowest BCUT2D eigenvalue weighted by Crippen LogP contribution is -2.44. The third-order valence-corrected chi connectivity index (χ3v) is 3.71. The fourth-order valence-corrected chi connectivity index (χ4v) is 2.20. The molecule has 0 saturated heterocycles. The predicted octanol–water partition coefficient (Wildman–Crippen LogP) is 4.03. The highest BCUT2D eigenvalue weighted by Crippen LogP contribution is 2.22. The van der Waals surface area contributed by atoms with Crippen LogP contribution < -0.4 is 5.32 Å². The zero-order valence-electron chi connectivity index (χ0n) is 14.3. The van der Waals surface area contributed by atoms with E-state index in [4.69, 9.17) is 0 Å². The summed E-state index contributed by atoms with van der Waals surface area (Å²) in [6.45, 7) is 8.08. The number of benzene rings is 1. The first-order chi connectivity index (χ1) is 9.90. The Balaban J connectivity index is 0.00000441. The van der Waals surface area contributed by atoms with Gasteiger partial charge in [0, 0.05) is 32.6 Å². The lowest BCUT2D eigenvalue weighted by atomic mass is 9.84. The van der Waals surface area contributed by atoms with Crippen LogP contribution in [0.4, 0.5) is 4.39 Å². The molecular weight excluding hydrogens is 392 g/mol. The van der Waals surface area contributed by atoms with Crippen LogP contribution in [0, 0.1) is 5.82 Å². The molecule has 3 nitrogen and oxygen atoms in total. The van der Waals surface area contributed by atoms with Gasteiger partial charge in [0.05, 0.1) is 0 Å². The maximum absolute atomic E-state index is 13.4. The number of aliphatic imine (C=N–C) groups is 1. The SMILES string of the molecule is CCCCN(C)C(=NC)NCC(C)(C)c1cccc(F)c1.I. The molecule has 1 N–H and O–H groups in total. The molecule has 0 unspecified atom stereocenters.